The fourth-order valence-electron chi connectivity index (χ4n) is 0.750. The van der Waals surface area contributed by atoms with Gasteiger partial charge in [-0.1, -0.05) is 26.2 Å². The van der Waals surface area contributed by atoms with Crippen molar-refractivity contribution in [2.45, 2.75) is 26.2 Å². The number of rotatable bonds is 2. The molecule has 0 aliphatic rings. The Balaban J connectivity index is 3.15. The summed E-state index contributed by atoms with van der Waals surface area (Å²) in [6, 6.07) is 0. The predicted molar refractivity (Wildman–Crippen MR) is 46.3 cm³/mol. The molecule has 0 N–H and O–H groups in total. The minimum absolute atomic E-state index is 0.457. The molecule has 0 aromatic rings. The highest BCUT2D eigenvalue weighted by Gasteiger charge is 2.09. The second kappa shape index (κ2) is 2.84. The van der Waals surface area contributed by atoms with Gasteiger partial charge in [0.25, 0.3) is 0 Å². The highest BCUT2D eigenvalue weighted by molar-refractivity contribution is 7.42. The molecule has 0 aromatic heterocycles. The van der Waals surface area contributed by atoms with Gasteiger partial charge in [-0.05, 0) is 0 Å². The van der Waals surface area contributed by atoms with Crippen LogP contribution >= 0.6 is 0 Å². The van der Waals surface area contributed by atoms with Gasteiger partial charge >= 0.3 is 0 Å². The van der Waals surface area contributed by atoms with Crippen LogP contribution in [-0.2, 0) is 0 Å². The Kier molecular flexibility index (Phi) is 3.10. The molecule has 0 rings (SSSR count). The molecule has 0 bridgehead atoms. The van der Waals surface area contributed by atoms with E-state index in [2.05, 4.69) is 26.2 Å². The van der Waals surface area contributed by atoms with Crippen molar-refractivity contribution in [3.63, 3.8) is 0 Å². The molecule has 0 amide bonds. The summed E-state index contributed by atoms with van der Waals surface area (Å²) < 4.78 is 0. The van der Waals surface area contributed by atoms with Crippen LogP contribution in [0.15, 0.2) is 0 Å². The summed E-state index contributed by atoms with van der Waals surface area (Å²) in [6.07, 6.45) is 0. The van der Waals surface area contributed by atoms with Crippen molar-refractivity contribution in [3.8, 4) is 0 Å². The van der Waals surface area contributed by atoms with Gasteiger partial charge in [-0.25, -0.2) is 0 Å². The topological polar surface area (TPSA) is 0 Å². The van der Waals surface area contributed by atoms with Gasteiger partial charge in [-0.3, -0.25) is 0 Å². The normalized spacial score (nSPS) is 15.4. The Bertz CT molecular complexity index is 45.4. The van der Waals surface area contributed by atoms with Crippen LogP contribution in [0.25, 0.3) is 0 Å². The van der Waals surface area contributed by atoms with Crippen molar-refractivity contribution in [1.82, 2.24) is 0 Å². The van der Waals surface area contributed by atoms with E-state index in [0.29, 0.717) is 17.6 Å². The Morgan fingerprint density at radius 2 is 1.57 bits per heavy atom. The van der Waals surface area contributed by atoms with Gasteiger partial charge in [0, 0.05) is 25.2 Å². The van der Waals surface area contributed by atoms with Crippen LogP contribution in [0, 0.1) is 0 Å². The van der Waals surface area contributed by atoms with Crippen molar-refractivity contribution in [3.05, 3.63) is 0 Å². The van der Waals surface area contributed by atoms with Gasteiger partial charge in [0.2, 0.25) is 0 Å². The molecular formula is C4H16Si3. The van der Waals surface area contributed by atoms with E-state index < -0.39 is 7.59 Å². The SMILES string of the molecule is C[SiH2][SiH2][Si](C)(C)C. The van der Waals surface area contributed by atoms with Crippen LogP contribution < -0.4 is 0 Å². The first kappa shape index (κ1) is 7.65. The van der Waals surface area contributed by atoms with E-state index in [9.17, 15) is 0 Å². The van der Waals surface area contributed by atoms with Gasteiger partial charge in [-0.15, -0.1) is 0 Å². The van der Waals surface area contributed by atoms with Crippen molar-refractivity contribution in [2.24, 2.45) is 0 Å². The molecule has 0 atom stereocenters. The minimum Gasteiger partial charge on any atom is -0.0773 e. The van der Waals surface area contributed by atoms with E-state index in [0.717, 1.165) is 0 Å². The summed E-state index contributed by atoms with van der Waals surface area (Å²) in [7, 11) is 0.592. The van der Waals surface area contributed by atoms with E-state index in [1.54, 1.807) is 0 Å². The summed E-state index contributed by atoms with van der Waals surface area (Å²) in [6.45, 7) is 9.99. The van der Waals surface area contributed by atoms with E-state index >= 15 is 0 Å². The van der Waals surface area contributed by atoms with Crippen LogP contribution in [-0.4, -0.2) is 25.2 Å². The average molecular weight is 148 g/mol. The third kappa shape index (κ3) is 6.65. The molecule has 0 saturated carbocycles. The lowest BCUT2D eigenvalue weighted by Gasteiger charge is -2.11. The summed E-state index contributed by atoms with van der Waals surface area (Å²) in [5.74, 6) is 0. The molecule has 0 spiro atoms. The fraction of sp³-hybridized carbons (Fsp3) is 1.00. The second-order valence-electron chi connectivity index (χ2n) is 3.31. The summed E-state index contributed by atoms with van der Waals surface area (Å²) in [5.41, 5.74) is 0. The summed E-state index contributed by atoms with van der Waals surface area (Å²) in [5, 5.41) is 0. The highest BCUT2D eigenvalue weighted by atomic mass is 29.6. The summed E-state index contributed by atoms with van der Waals surface area (Å²) >= 11 is 0. The molecular weight excluding hydrogens is 132 g/mol. The molecule has 0 aromatic carbocycles. The molecule has 7 heavy (non-hydrogen) atoms. The first-order chi connectivity index (χ1) is 3.06. The van der Waals surface area contributed by atoms with Gasteiger partial charge < -0.3 is 0 Å². The lowest BCUT2D eigenvalue weighted by Crippen LogP contribution is -2.33. The Labute approximate surface area is 51.9 Å². The standard InChI is InChI=1S/C4H16Si3/c1-5-6-7(2,3)4/h5-6H2,1-4H3. The Hall–Kier alpha value is 0.651. The van der Waals surface area contributed by atoms with Gasteiger partial charge in [-0.2, -0.15) is 0 Å². The van der Waals surface area contributed by atoms with Gasteiger partial charge in [0.15, 0.2) is 0 Å². The number of hydrogen-bond acceptors (Lipinski definition) is 0. The highest BCUT2D eigenvalue weighted by Crippen LogP contribution is 1.94. The van der Waals surface area contributed by atoms with Crippen LogP contribution in [0.2, 0.25) is 26.2 Å². The van der Waals surface area contributed by atoms with Crippen molar-refractivity contribution in [2.75, 3.05) is 0 Å². The molecule has 0 heterocycles. The van der Waals surface area contributed by atoms with Crippen LogP contribution in [0.5, 0.6) is 0 Å². The third-order valence-electron chi connectivity index (χ3n) is 1.000. The Morgan fingerprint density at radius 1 is 1.14 bits per heavy atom. The molecule has 0 aliphatic heterocycles. The molecule has 0 unspecified atom stereocenters. The maximum Gasteiger partial charge on any atom is 0.0279 e. The smallest absolute Gasteiger partial charge is 0.0279 e. The van der Waals surface area contributed by atoms with Crippen LogP contribution in [0.1, 0.15) is 0 Å². The minimum atomic E-state index is -0.457. The lowest BCUT2D eigenvalue weighted by molar-refractivity contribution is 1.86. The van der Waals surface area contributed by atoms with E-state index in [1.165, 1.54) is 0 Å². The zero-order chi connectivity index (χ0) is 5.91. The third-order valence-corrected chi connectivity index (χ3v) is 27.0. The van der Waals surface area contributed by atoms with E-state index in [1.807, 2.05) is 0 Å². The van der Waals surface area contributed by atoms with Crippen molar-refractivity contribution >= 4 is 25.2 Å². The van der Waals surface area contributed by atoms with Crippen molar-refractivity contribution < 1.29 is 0 Å². The molecule has 44 valence electrons. The zero-order valence-electron chi connectivity index (χ0n) is 5.91. The number of hydrogen-bond donors (Lipinski definition) is 0. The molecule has 0 nitrogen and oxygen atoms in total. The maximum atomic E-state index is 2.51. The molecule has 0 radical (unpaired) electrons. The summed E-state index contributed by atoms with van der Waals surface area (Å²) in [4.78, 5) is 0. The van der Waals surface area contributed by atoms with Crippen LogP contribution in [0.4, 0.5) is 0 Å². The first-order valence-corrected chi connectivity index (χ1v) is 14.3. The predicted octanol–water partition coefficient (Wildman–Crippen LogP) is 0.122. The quantitative estimate of drug-likeness (QED) is 0.488. The van der Waals surface area contributed by atoms with Gasteiger partial charge in [0.1, 0.15) is 0 Å². The van der Waals surface area contributed by atoms with Crippen LogP contribution in [0.3, 0.4) is 0 Å². The van der Waals surface area contributed by atoms with E-state index in [4.69, 9.17) is 0 Å². The molecule has 0 aliphatic carbocycles. The molecule has 0 fully saturated rings. The second-order valence-corrected chi connectivity index (χ2v) is 25.3. The molecule has 0 saturated heterocycles. The fourth-order valence-corrected chi connectivity index (χ4v) is 20.2. The maximum absolute atomic E-state index is 2.51. The largest absolute Gasteiger partial charge is 0.0773 e. The first-order valence-electron chi connectivity index (χ1n) is 3.06. The molecule has 3 heteroatoms. The van der Waals surface area contributed by atoms with Crippen molar-refractivity contribution in [1.29, 1.82) is 0 Å². The van der Waals surface area contributed by atoms with E-state index in [-0.39, 0.29) is 0 Å². The monoisotopic (exact) mass is 148 g/mol. The van der Waals surface area contributed by atoms with Gasteiger partial charge in [0.05, 0.1) is 0 Å². The Morgan fingerprint density at radius 3 is 1.57 bits per heavy atom. The zero-order valence-corrected chi connectivity index (χ0v) is 9.74. The average Bonchev–Trinajstić information content (AvgIpc) is 1.30. The lowest BCUT2D eigenvalue weighted by atomic mass is 11.8.